The van der Waals surface area contributed by atoms with Gasteiger partial charge in [0.15, 0.2) is 0 Å². The van der Waals surface area contributed by atoms with Crippen LogP contribution < -0.4 is 20.7 Å². The van der Waals surface area contributed by atoms with Gasteiger partial charge in [-0.1, -0.05) is 0 Å². The largest absolute Gasteiger partial charge is 0.417 e. The smallest absolute Gasteiger partial charge is 0.378 e. The van der Waals surface area contributed by atoms with E-state index < -0.39 is 34.6 Å². The summed E-state index contributed by atoms with van der Waals surface area (Å²) < 4.78 is 61.2. The van der Waals surface area contributed by atoms with Crippen LogP contribution in [0.3, 0.4) is 0 Å². The summed E-state index contributed by atoms with van der Waals surface area (Å²) in [5.41, 5.74) is -2.39. The Bertz CT molecular complexity index is 1350. The van der Waals surface area contributed by atoms with E-state index in [2.05, 4.69) is 20.3 Å². The Kier molecular flexibility index (Phi) is 7.95. The highest BCUT2D eigenvalue weighted by atomic mass is 19.4. The van der Waals surface area contributed by atoms with Gasteiger partial charge in [0, 0.05) is 62.0 Å². The first-order valence-corrected chi connectivity index (χ1v) is 12.0. The molecule has 1 aliphatic rings. The van der Waals surface area contributed by atoms with Crippen LogP contribution in [0.5, 0.6) is 0 Å². The zero-order valence-corrected chi connectivity index (χ0v) is 20.7. The van der Waals surface area contributed by atoms with E-state index in [1.165, 1.54) is 24.5 Å². The fourth-order valence-electron chi connectivity index (χ4n) is 4.18. The van der Waals surface area contributed by atoms with Gasteiger partial charge in [-0.25, -0.2) is 14.4 Å². The number of rotatable bonds is 7. The topological polar surface area (TPSA) is 103 Å². The van der Waals surface area contributed by atoms with Crippen LogP contribution in [-0.4, -0.2) is 60.3 Å². The number of benzene rings is 1. The van der Waals surface area contributed by atoms with E-state index in [4.69, 9.17) is 4.74 Å². The molecule has 9 nitrogen and oxygen atoms in total. The van der Waals surface area contributed by atoms with Gasteiger partial charge < -0.3 is 24.8 Å². The number of alkyl halides is 3. The number of carbonyl (C=O) groups excluding carboxylic acids is 1. The van der Waals surface area contributed by atoms with Crippen molar-refractivity contribution in [1.29, 1.82) is 0 Å². The predicted molar refractivity (Wildman–Crippen MR) is 134 cm³/mol. The predicted octanol–water partition coefficient (Wildman–Crippen LogP) is 3.92. The molecule has 3 heterocycles. The molecule has 0 bridgehead atoms. The van der Waals surface area contributed by atoms with Crippen LogP contribution in [-0.2, 0) is 10.9 Å². The Balaban J connectivity index is 1.73. The van der Waals surface area contributed by atoms with Crippen molar-refractivity contribution in [2.45, 2.75) is 20.0 Å². The normalized spacial score (nSPS) is 13.9. The summed E-state index contributed by atoms with van der Waals surface area (Å²) in [5, 5.41) is 2.48. The number of nitrogens with zero attached hydrogens (tertiary/aromatic N) is 4. The van der Waals surface area contributed by atoms with Gasteiger partial charge in [-0.05, 0) is 26.0 Å². The highest BCUT2D eigenvalue weighted by Crippen LogP contribution is 2.36. The van der Waals surface area contributed by atoms with Crippen molar-refractivity contribution in [3.05, 3.63) is 64.1 Å². The Morgan fingerprint density at radius 2 is 1.79 bits per heavy atom. The number of aromatic nitrogens is 3. The van der Waals surface area contributed by atoms with Crippen LogP contribution in [0.2, 0.25) is 0 Å². The van der Waals surface area contributed by atoms with E-state index in [0.717, 1.165) is 0 Å². The Hall–Kier alpha value is -4.00. The van der Waals surface area contributed by atoms with Gasteiger partial charge in [0.25, 0.3) is 5.91 Å². The molecule has 1 saturated heterocycles. The first kappa shape index (κ1) is 27.0. The number of H-pyrrole nitrogens is 1. The van der Waals surface area contributed by atoms with Gasteiger partial charge in [-0.2, -0.15) is 13.2 Å². The molecule has 0 saturated carbocycles. The number of amides is 1. The Morgan fingerprint density at radius 3 is 2.39 bits per heavy atom. The number of nitrogens with one attached hydrogen (secondary N) is 2. The molecule has 1 amide bonds. The number of hydrogen-bond donors (Lipinski definition) is 2. The lowest BCUT2D eigenvalue weighted by molar-refractivity contribution is -0.138. The van der Waals surface area contributed by atoms with Gasteiger partial charge >= 0.3 is 6.18 Å². The summed E-state index contributed by atoms with van der Waals surface area (Å²) in [5.74, 6) is -1.27. The van der Waals surface area contributed by atoms with E-state index in [1.54, 1.807) is 4.90 Å². The molecule has 0 radical (unpaired) electrons. The summed E-state index contributed by atoms with van der Waals surface area (Å²) in [6.07, 6.45) is -1.33. The molecule has 2 aromatic heterocycles. The van der Waals surface area contributed by atoms with Gasteiger partial charge in [0.05, 0.1) is 35.7 Å². The summed E-state index contributed by atoms with van der Waals surface area (Å²) in [6, 6.07) is 2.88. The van der Waals surface area contributed by atoms with Gasteiger partial charge in [-0.3, -0.25) is 9.59 Å². The molecular weight excluding hydrogens is 508 g/mol. The minimum atomic E-state index is -4.93. The van der Waals surface area contributed by atoms with Gasteiger partial charge in [0.2, 0.25) is 11.5 Å². The van der Waals surface area contributed by atoms with E-state index in [-0.39, 0.29) is 16.9 Å². The number of aromatic amines is 1. The number of pyridine rings is 1. The second-order valence-electron chi connectivity index (χ2n) is 8.47. The first-order chi connectivity index (χ1) is 18.1. The summed E-state index contributed by atoms with van der Waals surface area (Å²) in [6.45, 7) is 6.86. The SMILES string of the molecule is CCN(CC)c1cc(F)c(-c2cnc(N3CCOCC3)nc2)cc1NC(=O)c1c[nH]c(=O)cc1C(F)(F)F. The molecule has 1 aliphatic heterocycles. The molecule has 0 unspecified atom stereocenters. The highest BCUT2D eigenvalue weighted by Gasteiger charge is 2.36. The fourth-order valence-corrected chi connectivity index (χ4v) is 4.18. The lowest BCUT2D eigenvalue weighted by Crippen LogP contribution is -2.37. The average molecular weight is 535 g/mol. The number of carbonyl (C=O) groups is 1. The van der Waals surface area contributed by atoms with Crippen LogP contribution >= 0.6 is 0 Å². The van der Waals surface area contributed by atoms with Crippen molar-refractivity contribution in [3.63, 3.8) is 0 Å². The molecule has 38 heavy (non-hydrogen) atoms. The van der Waals surface area contributed by atoms with E-state index in [9.17, 15) is 22.8 Å². The van der Waals surface area contributed by atoms with Crippen molar-refractivity contribution in [3.8, 4) is 11.1 Å². The quantitative estimate of drug-likeness (QED) is 0.443. The molecule has 4 rings (SSSR count). The van der Waals surface area contributed by atoms with Crippen LogP contribution in [0.1, 0.15) is 29.8 Å². The second-order valence-corrected chi connectivity index (χ2v) is 8.47. The number of morpholine rings is 1. The van der Waals surface area contributed by atoms with E-state index in [1.807, 2.05) is 18.7 Å². The molecule has 202 valence electrons. The van der Waals surface area contributed by atoms with Gasteiger partial charge in [0.1, 0.15) is 5.82 Å². The zero-order chi connectivity index (χ0) is 27.4. The Morgan fingerprint density at radius 1 is 1.13 bits per heavy atom. The van der Waals surface area contributed by atoms with Crippen LogP contribution in [0.4, 0.5) is 34.9 Å². The summed E-state index contributed by atoms with van der Waals surface area (Å²) in [4.78, 5) is 39.0. The Labute approximate surface area is 215 Å². The number of ether oxygens (including phenoxy) is 1. The average Bonchev–Trinajstić information content (AvgIpc) is 2.90. The molecule has 0 aliphatic carbocycles. The van der Waals surface area contributed by atoms with Crippen LogP contribution in [0.15, 0.2) is 41.6 Å². The van der Waals surface area contributed by atoms with Gasteiger partial charge in [-0.15, -0.1) is 0 Å². The third-order valence-electron chi connectivity index (χ3n) is 6.16. The molecule has 1 aromatic carbocycles. The minimum absolute atomic E-state index is 0.0576. The molecular formula is C25H26F4N6O3. The number of hydrogen-bond acceptors (Lipinski definition) is 7. The lowest BCUT2D eigenvalue weighted by Gasteiger charge is -2.27. The second kappa shape index (κ2) is 11.2. The van der Waals surface area contributed by atoms with E-state index in [0.29, 0.717) is 63.2 Å². The maximum absolute atomic E-state index is 15.3. The van der Waals surface area contributed by atoms with Crippen molar-refractivity contribution in [2.75, 3.05) is 54.5 Å². The van der Waals surface area contributed by atoms with E-state index >= 15 is 4.39 Å². The van der Waals surface area contributed by atoms with Crippen molar-refractivity contribution < 1.29 is 27.1 Å². The minimum Gasteiger partial charge on any atom is -0.378 e. The maximum Gasteiger partial charge on any atom is 0.417 e. The molecule has 13 heteroatoms. The number of anilines is 3. The summed E-state index contributed by atoms with van der Waals surface area (Å²) >= 11 is 0. The molecule has 1 fully saturated rings. The molecule has 2 N–H and O–H groups in total. The van der Waals surface area contributed by atoms with Crippen molar-refractivity contribution >= 4 is 23.2 Å². The standard InChI is InChI=1S/C25H26F4N6O3/c1-3-34(4-2)21-11-19(26)16(15-12-31-24(32-13-15)35-5-7-38-8-6-35)9-20(21)33-23(37)17-14-30-22(36)10-18(17)25(27,28)29/h9-14H,3-8H2,1-2H3,(H,30,36)(H,33,37). The number of halogens is 4. The molecule has 0 atom stereocenters. The third kappa shape index (κ3) is 5.77. The first-order valence-electron chi connectivity index (χ1n) is 12.0. The monoisotopic (exact) mass is 534 g/mol. The molecule has 0 spiro atoms. The molecule has 3 aromatic rings. The zero-order valence-electron chi connectivity index (χ0n) is 20.7. The summed E-state index contributed by atoms with van der Waals surface area (Å²) in [7, 11) is 0. The third-order valence-corrected chi connectivity index (χ3v) is 6.16. The van der Waals surface area contributed by atoms with Crippen LogP contribution in [0, 0.1) is 5.82 Å². The van der Waals surface area contributed by atoms with Crippen LogP contribution in [0.25, 0.3) is 11.1 Å². The van der Waals surface area contributed by atoms with Crippen molar-refractivity contribution in [2.24, 2.45) is 0 Å². The fraction of sp³-hybridized carbons (Fsp3) is 0.360. The van der Waals surface area contributed by atoms with Crippen molar-refractivity contribution in [1.82, 2.24) is 15.0 Å². The lowest BCUT2D eigenvalue weighted by atomic mass is 10.0. The maximum atomic E-state index is 15.3. The highest BCUT2D eigenvalue weighted by molar-refractivity contribution is 6.07.